The molecule has 1 unspecified atom stereocenters. The molecule has 0 saturated carbocycles. The summed E-state index contributed by atoms with van der Waals surface area (Å²) >= 11 is 0. The zero-order valence-corrected chi connectivity index (χ0v) is 15.2. The molecule has 0 aromatic carbocycles. The van der Waals surface area contributed by atoms with Gasteiger partial charge in [-0.2, -0.15) is 13.5 Å². The van der Waals surface area contributed by atoms with Crippen LogP contribution in [-0.4, -0.2) is 84.6 Å². The van der Waals surface area contributed by atoms with Gasteiger partial charge in [-0.05, 0) is 38.8 Å². The molecule has 3 heterocycles. The summed E-state index contributed by atoms with van der Waals surface area (Å²) in [6.45, 7) is 3.30. The monoisotopic (exact) mass is 392 g/mol. The van der Waals surface area contributed by atoms with Gasteiger partial charge in [0.25, 0.3) is 5.91 Å². The number of nitrogens with one attached hydrogen (secondary N) is 1. The predicted octanol–water partition coefficient (Wildman–Crippen LogP) is -0.477. The SMILES string of the molecule is O=C(NOCCN1CCCCC1)[C@@H]1CCC2CN1C(=O)N2OS(=O)(=O)O. The average Bonchev–Trinajstić information content (AvgIpc) is 2.83. The maximum Gasteiger partial charge on any atom is 0.418 e. The molecule has 3 aliphatic rings. The Kier molecular flexibility index (Phi) is 5.97. The minimum Gasteiger partial charge on any atom is -0.309 e. The van der Waals surface area contributed by atoms with Crippen LogP contribution in [0, 0.1) is 0 Å². The molecule has 3 rings (SSSR count). The number of fused-ring (bicyclic) bond motifs is 2. The van der Waals surface area contributed by atoms with Crippen molar-refractivity contribution in [3.63, 3.8) is 0 Å². The molecule has 2 bridgehead atoms. The molecule has 3 aliphatic heterocycles. The Labute approximate surface area is 152 Å². The lowest BCUT2D eigenvalue weighted by Crippen LogP contribution is -2.50. The maximum absolute atomic E-state index is 12.3. The summed E-state index contributed by atoms with van der Waals surface area (Å²) in [7, 11) is -4.80. The molecule has 148 valence electrons. The first-order chi connectivity index (χ1) is 12.3. The fourth-order valence-electron chi connectivity index (χ4n) is 3.65. The number of nitrogens with zero attached hydrogens (tertiary/aromatic N) is 3. The van der Waals surface area contributed by atoms with E-state index >= 15 is 0 Å². The van der Waals surface area contributed by atoms with E-state index in [1.807, 2.05) is 0 Å². The van der Waals surface area contributed by atoms with Gasteiger partial charge in [0.05, 0.1) is 12.6 Å². The summed E-state index contributed by atoms with van der Waals surface area (Å²) in [5, 5.41) is 0.611. The van der Waals surface area contributed by atoms with Gasteiger partial charge in [-0.1, -0.05) is 6.42 Å². The van der Waals surface area contributed by atoms with Crippen LogP contribution in [0.25, 0.3) is 0 Å². The summed E-state index contributed by atoms with van der Waals surface area (Å²) < 4.78 is 34.8. The van der Waals surface area contributed by atoms with E-state index in [4.69, 9.17) is 9.39 Å². The van der Waals surface area contributed by atoms with Crippen LogP contribution in [0.4, 0.5) is 4.79 Å². The smallest absolute Gasteiger partial charge is 0.309 e. The first-order valence-corrected chi connectivity index (χ1v) is 10.1. The molecule has 0 spiro atoms. The number of carbonyl (C=O) groups is 2. The third-order valence-electron chi connectivity index (χ3n) is 4.93. The molecular weight excluding hydrogens is 368 g/mol. The number of likely N-dealkylation sites (tertiary alicyclic amines) is 1. The molecule has 3 amide bonds. The van der Waals surface area contributed by atoms with Crippen LogP contribution >= 0.6 is 0 Å². The lowest BCUT2D eigenvalue weighted by Gasteiger charge is -2.29. The van der Waals surface area contributed by atoms with Crippen LogP contribution < -0.4 is 5.48 Å². The number of hydroxylamine groups is 3. The van der Waals surface area contributed by atoms with Crippen LogP contribution in [0.3, 0.4) is 0 Å². The minimum atomic E-state index is -4.80. The van der Waals surface area contributed by atoms with Crippen molar-refractivity contribution < 1.29 is 31.7 Å². The quantitative estimate of drug-likeness (QED) is 0.338. The summed E-state index contributed by atoms with van der Waals surface area (Å²) in [5.74, 6) is -0.454. The molecular formula is C14H24N4O7S. The zero-order chi connectivity index (χ0) is 18.7. The van der Waals surface area contributed by atoms with E-state index in [1.54, 1.807) is 0 Å². The van der Waals surface area contributed by atoms with Crippen molar-refractivity contribution in [1.29, 1.82) is 0 Å². The van der Waals surface area contributed by atoms with E-state index in [2.05, 4.69) is 14.7 Å². The fraction of sp³-hybridized carbons (Fsp3) is 0.857. The van der Waals surface area contributed by atoms with E-state index < -0.39 is 34.4 Å². The number of urea groups is 1. The van der Waals surface area contributed by atoms with Crippen LogP contribution in [0.2, 0.25) is 0 Å². The Bertz CT molecular complexity index is 637. The first kappa shape index (κ1) is 19.3. The van der Waals surface area contributed by atoms with Crippen LogP contribution in [-0.2, 0) is 24.3 Å². The lowest BCUT2D eigenvalue weighted by molar-refractivity contribution is -0.139. The first-order valence-electron chi connectivity index (χ1n) is 8.76. The van der Waals surface area contributed by atoms with Gasteiger partial charge in [0, 0.05) is 13.1 Å². The Hall–Kier alpha value is -1.47. The molecule has 0 aromatic heterocycles. The predicted molar refractivity (Wildman–Crippen MR) is 87.8 cm³/mol. The minimum absolute atomic E-state index is 0.153. The third-order valence-corrected chi connectivity index (χ3v) is 5.28. The van der Waals surface area contributed by atoms with Crippen molar-refractivity contribution in [2.75, 3.05) is 32.8 Å². The molecule has 12 heteroatoms. The van der Waals surface area contributed by atoms with Gasteiger partial charge < -0.3 is 9.80 Å². The molecule has 3 saturated heterocycles. The van der Waals surface area contributed by atoms with Gasteiger partial charge in [-0.15, -0.1) is 4.28 Å². The van der Waals surface area contributed by atoms with Gasteiger partial charge in [0.1, 0.15) is 6.04 Å². The van der Waals surface area contributed by atoms with E-state index in [-0.39, 0.29) is 6.54 Å². The topological polar surface area (TPSA) is 129 Å². The van der Waals surface area contributed by atoms with Crippen molar-refractivity contribution in [1.82, 2.24) is 20.3 Å². The molecule has 2 N–H and O–H groups in total. The number of hydrogen-bond acceptors (Lipinski definition) is 7. The van der Waals surface area contributed by atoms with Gasteiger partial charge >= 0.3 is 16.4 Å². The van der Waals surface area contributed by atoms with E-state index in [0.29, 0.717) is 24.5 Å². The van der Waals surface area contributed by atoms with Gasteiger partial charge in [-0.3, -0.25) is 14.2 Å². The normalized spacial score (nSPS) is 27.0. The fourth-order valence-corrected chi connectivity index (χ4v) is 4.04. The lowest BCUT2D eigenvalue weighted by atomic mass is 10.0. The second-order valence-electron chi connectivity index (χ2n) is 6.73. The molecule has 26 heavy (non-hydrogen) atoms. The van der Waals surface area contributed by atoms with Crippen LogP contribution in [0.5, 0.6) is 0 Å². The van der Waals surface area contributed by atoms with Gasteiger partial charge in [0.2, 0.25) is 0 Å². The number of carbonyl (C=O) groups excluding carboxylic acids is 2. The molecule has 11 nitrogen and oxygen atoms in total. The average molecular weight is 392 g/mol. The number of rotatable bonds is 7. The Morgan fingerprint density at radius 3 is 2.65 bits per heavy atom. The van der Waals surface area contributed by atoms with E-state index in [0.717, 1.165) is 19.6 Å². The standard InChI is InChI=1S/C14H24N4O7S/c19-13(15-24-9-8-16-6-2-1-3-7-16)12-5-4-11-10-17(12)14(20)18(11)25-26(21,22)23/h11-12H,1-10H2,(H,15,19)(H,21,22,23)/t11?,12-/m0/s1. The summed E-state index contributed by atoms with van der Waals surface area (Å²) in [4.78, 5) is 33.3. The Morgan fingerprint density at radius 1 is 1.23 bits per heavy atom. The highest BCUT2D eigenvalue weighted by Crippen LogP contribution is 2.30. The summed E-state index contributed by atoms with van der Waals surface area (Å²) in [6.07, 6.45) is 4.33. The zero-order valence-electron chi connectivity index (χ0n) is 14.4. The highest BCUT2D eigenvalue weighted by atomic mass is 32.3. The molecule has 3 fully saturated rings. The summed E-state index contributed by atoms with van der Waals surface area (Å²) in [6, 6.07) is -2.05. The second-order valence-corrected chi connectivity index (χ2v) is 7.73. The Morgan fingerprint density at radius 2 is 1.96 bits per heavy atom. The molecule has 0 radical (unpaired) electrons. The summed E-state index contributed by atoms with van der Waals surface area (Å²) in [5.41, 5.74) is 2.37. The van der Waals surface area contributed by atoms with Crippen molar-refractivity contribution >= 4 is 22.3 Å². The van der Waals surface area contributed by atoms with E-state index in [1.165, 1.54) is 24.2 Å². The number of amides is 3. The highest BCUT2D eigenvalue weighted by Gasteiger charge is 2.49. The second kappa shape index (κ2) is 8.05. The molecule has 0 aromatic rings. The third kappa shape index (κ3) is 4.62. The highest BCUT2D eigenvalue weighted by molar-refractivity contribution is 7.80. The number of piperidine rings is 2. The van der Waals surface area contributed by atoms with E-state index in [9.17, 15) is 18.0 Å². The van der Waals surface area contributed by atoms with Crippen LogP contribution in [0.15, 0.2) is 0 Å². The number of hydrogen-bond donors (Lipinski definition) is 2. The van der Waals surface area contributed by atoms with Crippen molar-refractivity contribution in [2.45, 2.75) is 44.2 Å². The molecule has 2 atom stereocenters. The van der Waals surface area contributed by atoms with Crippen molar-refractivity contribution in [2.24, 2.45) is 0 Å². The maximum atomic E-state index is 12.3. The largest absolute Gasteiger partial charge is 0.418 e. The Balaban J connectivity index is 1.46. The molecule has 0 aliphatic carbocycles. The van der Waals surface area contributed by atoms with Gasteiger partial charge in [0.15, 0.2) is 0 Å². The van der Waals surface area contributed by atoms with Gasteiger partial charge in [-0.25, -0.2) is 10.3 Å². The van der Waals surface area contributed by atoms with Crippen LogP contribution in [0.1, 0.15) is 32.1 Å². The van der Waals surface area contributed by atoms with Crippen molar-refractivity contribution in [3.05, 3.63) is 0 Å². The van der Waals surface area contributed by atoms with Crippen molar-refractivity contribution in [3.8, 4) is 0 Å².